The third kappa shape index (κ3) is 81.3. The van der Waals surface area contributed by atoms with Crippen molar-refractivity contribution in [1.82, 2.24) is 0 Å². The van der Waals surface area contributed by atoms with E-state index in [4.69, 9.17) is 18.9 Å². The molecule has 0 fully saturated rings. The van der Waals surface area contributed by atoms with E-state index in [2.05, 4.69) is 26.0 Å². The fraction of sp³-hybridized carbons (Fsp3) is 0.944. The number of aliphatic carboxylic acids is 1. The lowest BCUT2D eigenvalue weighted by Gasteiger charge is -2.26. The van der Waals surface area contributed by atoms with Crippen molar-refractivity contribution in [3.8, 4) is 0 Å². The minimum Gasteiger partial charge on any atom is -0.545 e. The number of allylic oxidation sites excluding steroid dienone is 2. The van der Waals surface area contributed by atoms with Gasteiger partial charge in [0.1, 0.15) is 13.2 Å². The van der Waals surface area contributed by atoms with Crippen LogP contribution < -0.4 is 5.11 Å². The summed E-state index contributed by atoms with van der Waals surface area (Å²) in [6.45, 7) is 4.85. The molecule has 2 unspecified atom stereocenters. The number of esters is 2. The SMILES string of the molecule is CCCCCCCCCC/C=C\CCCCCCCCCCCCCCCCCCCCCCCCCCCC(=O)OC(COC(=O)CCCCCCCCCCCCCCCCCCCCCCCCCCCCCCCCCCCCCC)COC(OCC[N+](C)(C)C)C(=O)[O-]. The van der Waals surface area contributed by atoms with E-state index in [1.54, 1.807) is 0 Å². The van der Waals surface area contributed by atoms with Crippen LogP contribution >= 0.6 is 0 Å². The van der Waals surface area contributed by atoms with Crippen LogP contribution in [0.1, 0.15) is 483 Å². The summed E-state index contributed by atoms with van der Waals surface area (Å²) in [6.07, 6.45) is 99.6. The van der Waals surface area contributed by atoms with Crippen molar-refractivity contribution in [2.45, 2.75) is 495 Å². The van der Waals surface area contributed by atoms with Crippen LogP contribution in [0.15, 0.2) is 12.2 Å². The van der Waals surface area contributed by atoms with Gasteiger partial charge in [-0.15, -0.1) is 0 Å². The molecule has 0 heterocycles. The first-order valence-electron chi connectivity index (χ1n) is 44.3. The van der Waals surface area contributed by atoms with Gasteiger partial charge in [0, 0.05) is 12.8 Å². The van der Waals surface area contributed by atoms with Crippen molar-refractivity contribution in [3.63, 3.8) is 0 Å². The fourth-order valence-electron chi connectivity index (χ4n) is 14.0. The Morgan fingerprint density at radius 2 is 0.520 bits per heavy atom. The number of carbonyl (C=O) groups is 3. The molecular weight excluding hydrogens is 1210 g/mol. The van der Waals surface area contributed by atoms with Gasteiger partial charge in [-0.3, -0.25) is 9.59 Å². The van der Waals surface area contributed by atoms with E-state index in [0.717, 1.165) is 38.5 Å². The van der Waals surface area contributed by atoms with Gasteiger partial charge in [-0.25, -0.2) is 0 Å². The molecule has 0 aromatic carbocycles. The Hall–Kier alpha value is -1.97. The quantitative estimate of drug-likeness (QED) is 0.0195. The Balaban J connectivity index is 3.89. The maximum absolute atomic E-state index is 13.0. The first-order chi connectivity index (χ1) is 48.1. The first kappa shape index (κ1) is 96.0. The van der Waals surface area contributed by atoms with Crippen LogP contribution in [0.2, 0.25) is 0 Å². The van der Waals surface area contributed by atoms with E-state index >= 15 is 0 Å². The lowest BCUT2D eigenvalue weighted by atomic mass is 10.0. The molecule has 0 rings (SSSR count). The normalized spacial score (nSPS) is 12.5. The highest BCUT2D eigenvalue weighted by molar-refractivity contribution is 5.70. The second-order valence-corrected chi connectivity index (χ2v) is 31.9. The molecule has 0 saturated heterocycles. The van der Waals surface area contributed by atoms with Crippen molar-refractivity contribution in [2.75, 3.05) is 47.5 Å². The van der Waals surface area contributed by atoms with E-state index in [0.29, 0.717) is 17.4 Å². The predicted octanol–water partition coefficient (Wildman–Crippen LogP) is 27.3. The molecular formula is C89H173NO8. The summed E-state index contributed by atoms with van der Waals surface area (Å²) in [5.41, 5.74) is 0. The van der Waals surface area contributed by atoms with Crippen molar-refractivity contribution >= 4 is 17.9 Å². The molecule has 0 aliphatic rings. The lowest BCUT2D eigenvalue weighted by Crippen LogP contribution is -2.44. The Morgan fingerprint density at radius 1 is 0.296 bits per heavy atom. The summed E-state index contributed by atoms with van der Waals surface area (Å²) in [5.74, 6) is -2.24. The zero-order chi connectivity index (χ0) is 71.1. The third-order valence-electron chi connectivity index (χ3n) is 20.8. The summed E-state index contributed by atoms with van der Waals surface area (Å²) < 4.78 is 22.9. The number of ether oxygens (including phenoxy) is 4. The van der Waals surface area contributed by atoms with Crippen LogP contribution in [0.5, 0.6) is 0 Å². The molecule has 0 bridgehead atoms. The van der Waals surface area contributed by atoms with Crippen LogP contribution in [0.25, 0.3) is 0 Å². The minimum absolute atomic E-state index is 0.153. The second-order valence-electron chi connectivity index (χ2n) is 31.9. The zero-order valence-electron chi connectivity index (χ0n) is 67.0. The van der Waals surface area contributed by atoms with Gasteiger partial charge in [0.25, 0.3) is 0 Å². The molecule has 0 saturated carbocycles. The highest BCUT2D eigenvalue weighted by atomic mass is 16.7. The van der Waals surface area contributed by atoms with Gasteiger partial charge < -0.3 is 33.3 Å². The van der Waals surface area contributed by atoms with E-state index < -0.39 is 24.3 Å². The Bertz CT molecular complexity index is 1610. The van der Waals surface area contributed by atoms with Crippen molar-refractivity contribution < 1.29 is 42.9 Å². The summed E-state index contributed by atoms with van der Waals surface area (Å²) in [6, 6.07) is 0. The summed E-state index contributed by atoms with van der Waals surface area (Å²) in [7, 11) is 5.96. The fourth-order valence-corrected chi connectivity index (χ4v) is 14.0. The number of hydrogen-bond acceptors (Lipinski definition) is 8. The van der Waals surface area contributed by atoms with Crippen molar-refractivity contribution in [1.29, 1.82) is 0 Å². The lowest BCUT2D eigenvalue weighted by molar-refractivity contribution is -0.870. The van der Waals surface area contributed by atoms with Crippen molar-refractivity contribution in [3.05, 3.63) is 12.2 Å². The molecule has 0 N–H and O–H groups in total. The largest absolute Gasteiger partial charge is 0.545 e. The summed E-state index contributed by atoms with van der Waals surface area (Å²) >= 11 is 0. The molecule has 0 radical (unpaired) electrons. The number of unbranched alkanes of at least 4 members (excludes halogenated alkanes) is 68. The molecule has 0 aliphatic carbocycles. The van der Waals surface area contributed by atoms with Gasteiger partial charge in [0.05, 0.1) is 40.3 Å². The molecule has 0 aliphatic heterocycles. The zero-order valence-corrected chi connectivity index (χ0v) is 67.0. The maximum atomic E-state index is 13.0. The predicted molar refractivity (Wildman–Crippen MR) is 422 cm³/mol. The Morgan fingerprint density at radius 3 is 0.755 bits per heavy atom. The van der Waals surface area contributed by atoms with E-state index in [1.165, 1.54) is 417 Å². The minimum atomic E-state index is -1.62. The maximum Gasteiger partial charge on any atom is 0.306 e. The number of hydrogen-bond donors (Lipinski definition) is 0. The van der Waals surface area contributed by atoms with E-state index in [-0.39, 0.29) is 32.2 Å². The van der Waals surface area contributed by atoms with Gasteiger partial charge in [0.2, 0.25) is 0 Å². The number of likely N-dealkylation sites (N-methyl/N-ethyl adjacent to an activating group) is 1. The van der Waals surface area contributed by atoms with Gasteiger partial charge in [0.15, 0.2) is 12.4 Å². The standard InChI is InChI=1S/C89H173NO8/c1-6-8-10-12-14-16-18-20-22-24-26-28-30-32-34-36-38-40-42-44-46-48-50-52-54-56-58-60-62-64-66-68-70-72-74-76-78-80-87(92)98-85(84-97-89(88(93)94)95-82-81-90(3,4)5)83-96-86(91)79-77-75-73-71-69-67-65-63-61-59-57-55-53-51-49-47-45-43-41-39-37-35-33-31-29-27-25-23-21-19-17-15-13-11-9-7-2/h24,26,85,89H,6-23,25,27-84H2,1-5H3/b26-24-. The molecule has 9 heteroatoms. The third-order valence-corrected chi connectivity index (χ3v) is 20.8. The summed E-state index contributed by atoms with van der Waals surface area (Å²) in [4.78, 5) is 37.7. The Labute approximate surface area is 612 Å². The van der Waals surface area contributed by atoms with Crippen LogP contribution in [0.4, 0.5) is 0 Å². The average molecular weight is 1390 g/mol. The number of rotatable bonds is 85. The summed E-state index contributed by atoms with van der Waals surface area (Å²) in [5, 5.41) is 11.9. The molecule has 0 spiro atoms. The molecule has 9 nitrogen and oxygen atoms in total. The van der Waals surface area contributed by atoms with Crippen LogP contribution in [-0.2, 0) is 33.3 Å². The van der Waals surface area contributed by atoms with Gasteiger partial charge in [-0.1, -0.05) is 443 Å². The molecule has 582 valence electrons. The molecule has 2 atom stereocenters. The first-order valence-corrected chi connectivity index (χ1v) is 44.3. The van der Waals surface area contributed by atoms with Gasteiger partial charge in [-0.2, -0.15) is 0 Å². The monoisotopic (exact) mass is 1380 g/mol. The number of quaternary nitrogens is 1. The van der Waals surface area contributed by atoms with E-state index in [1.807, 2.05) is 21.1 Å². The van der Waals surface area contributed by atoms with Gasteiger partial charge in [-0.05, 0) is 38.5 Å². The number of carboxylic acids is 1. The topological polar surface area (TPSA) is 111 Å². The molecule has 0 amide bonds. The second kappa shape index (κ2) is 80.7. The Kier molecular flexibility index (Phi) is 79.1. The number of nitrogens with zero attached hydrogens (tertiary/aromatic N) is 1. The number of carbonyl (C=O) groups excluding carboxylic acids is 3. The highest BCUT2D eigenvalue weighted by Crippen LogP contribution is 2.21. The van der Waals surface area contributed by atoms with Crippen LogP contribution in [0.3, 0.4) is 0 Å². The van der Waals surface area contributed by atoms with Crippen LogP contribution in [-0.4, -0.2) is 82.3 Å². The molecule has 98 heavy (non-hydrogen) atoms. The van der Waals surface area contributed by atoms with Gasteiger partial charge >= 0.3 is 11.9 Å². The number of carboxylic acid groups (broad SMARTS) is 1. The molecule has 0 aromatic rings. The molecule has 0 aromatic heterocycles. The highest BCUT2D eigenvalue weighted by Gasteiger charge is 2.22. The van der Waals surface area contributed by atoms with Crippen molar-refractivity contribution in [2.24, 2.45) is 0 Å². The van der Waals surface area contributed by atoms with Crippen LogP contribution in [0, 0.1) is 0 Å². The van der Waals surface area contributed by atoms with E-state index in [9.17, 15) is 19.5 Å². The average Bonchev–Trinajstić information content (AvgIpc) is 1.26. The smallest absolute Gasteiger partial charge is 0.306 e.